The van der Waals surface area contributed by atoms with Crippen LogP contribution in [0.5, 0.6) is 0 Å². The fourth-order valence-corrected chi connectivity index (χ4v) is 15.6. The Balaban J connectivity index is 0.922. The largest absolute Gasteiger partial charge is 0.369 e. The highest BCUT2D eigenvalue weighted by Crippen LogP contribution is 2.39. The van der Waals surface area contributed by atoms with Gasteiger partial charge in [0.25, 0.3) is 0 Å². The van der Waals surface area contributed by atoms with E-state index in [2.05, 4.69) is 9.88 Å². The molecule has 0 aliphatic carbocycles. The highest BCUT2D eigenvalue weighted by Gasteiger charge is 2.43. The van der Waals surface area contributed by atoms with Gasteiger partial charge in [-0.1, -0.05) is 85.6 Å². The van der Waals surface area contributed by atoms with Gasteiger partial charge in [-0.25, -0.2) is 16.8 Å². The lowest BCUT2D eigenvalue weighted by atomic mass is 9.82. The maximum atomic E-state index is 14.9. The number of amides is 1. The van der Waals surface area contributed by atoms with Crippen LogP contribution < -0.4 is 0 Å². The summed E-state index contributed by atoms with van der Waals surface area (Å²) in [6, 6.07) is 28.9. The van der Waals surface area contributed by atoms with Crippen molar-refractivity contribution in [2.24, 2.45) is 5.92 Å². The number of hydrogen-bond donors (Lipinski definition) is 0. The number of benzene rings is 4. The van der Waals surface area contributed by atoms with Gasteiger partial charge in [0.1, 0.15) is 5.78 Å². The first-order valence-electron chi connectivity index (χ1n) is 25.1. The Morgan fingerprint density at radius 1 is 0.647 bits per heavy atom. The highest BCUT2D eigenvalue weighted by atomic mass is 32.2. The fourth-order valence-electron chi connectivity index (χ4n) is 11.7. The van der Waals surface area contributed by atoms with E-state index in [-0.39, 0.29) is 48.4 Å². The maximum Gasteiger partial charge on any atom is 0.243 e. The molecule has 0 radical (unpaired) electrons. The average Bonchev–Trinajstić information content (AvgIpc) is 3.90. The van der Waals surface area contributed by atoms with Crippen molar-refractivity contribution < 1.29 is 31.2 Å². The summed E-state index contributed by atoms with van der Waals surface area (Å²) in [5.74, 6) is -0.816. The molecule has 4 aromatic carbocycles. The summed E-state index contributed by atoms with van der Waals surface area (Å²) in [4.78, 5) is 38.3. The first-order valence-corrected chi connectivity index (χ1v) is 28.0. The van der Waals surface area contributed by atoms with Gasteiger partial charge in [-0.2, -0.15) is 8.61 Å². The second-order valence-corrected chi connectivity index (χ2v) is 23.1. The third-order valence-corrected chi connectivity index (χ3v) is 19.4. The molecule has 362 valence electrons. The van der Waals surface area contributed by atoms with Gasteiger partial charge in [0.15, 0.2) is 0 Å². The topological polar surface area (TPSA) is 138 Å². The number of rotatable bonds is 18. The van der Waals surface area contributed by atoms with Crippen LogP contribution in [0.2, 0.25) is 0 Å². The van der Waals surface area contributed by atoms with Gasteiger partial charge in [-0.3, -0.25) is 14.6 Å². The first-order chi connectivity index (χ1) is 33.0. The van der Waals surface area contributed by atoms with Crippen LogP contribution in [-0.2, 0) is 40.0 Å². The van der Waals surface area contributed by atoms with Crippen molar-refractivity contribution in [2.45, 2.75) is 124 Å². The number of likely N-dealkylation sites (tertiary alicyclic amines) is 2. The van der Waals surface area contributed by atoms with Crippen LogP contribution in [0.4, 0.5) is 0 Å². The predicted molar refractivity (Wildman–Crippen MR) is 266 cm³/mol. The van der Waals surface area contributed by atoms with E-state index in [1.165, 1.54) is 12.8 Å². The molecule has 68 heavy (non-hydrogen) atoms. The summed E-state index contributed by atoms with van der Waals surface area (Å²) >= 11 is 0. The molecule has 12 nitrogen and oxygen atoms in total. The van der Waals surface area contributed by atoms with Crippen LogP contribution in [0.25, 0.3) is 21.5 Å². The van der Waals surface area contributed by atoms with Gasteiger partial charge in [-0.15, -0.1) is 0 Å². The Morgan fingerprint density at radius 2 is 1.22 bits per heavy atom. The van der Waals surface area contributed by atoms with E-state index >= 15 is 0 Å². The van der Waals surface area contributed by atoms with Crippen LogP contribution >= 0.6 is 0 Å². The van der Waals surface area contributed by atoms with Crippen molar-refractivity contribution in [1.82, 2.24) is 23.4 Å². The Bertz CT molecular complexity index is 2750. The lowest BCUT2D eigenvalue weighted by molar-refractivity contribution is -0.140. The second-order valence-electron chi connectivity index (χ2n) is 19.4. The number of pyridine rings is 1. The lowest BCUT2D eigenvalue weighted by Gasteiger charge is -2.42. The van der Waals surface area contributed by atoms with Gasteiger partial charge < -0.3 is 14.5 Å². The monoisotopic (exact) mass is 961 g/mol. The molecule has 9 rings (SSSR count). The number of piperidine rings is 3. The molecule has 4 saturated heterocycles. The number of carbonyl (C=O) groups is 2. The molecule has 4 aliphatic rings. The molecule has 3 unspecified atom stereocenters. The van der Waals surface area contributed by atoms with Crippen molar-refractivity contribution in [2.75, 3.05) is 52.4 Å². The molecule has 0 saturated carbocycles. The normalized spacial score (nSPS) is 21.6. The predicted octanol–water partition coefficient (Wildman–Crippen LogP) is 8.94. The third kappa shape index (κ3) is 10.5. The zero-order valence-electron chi connectivity index (χ0n) is 39.3. The van der Waals surface area contributed by atoms with Gasteiger partial charge in [-0.05, 0) is 124 Å². The Kier molecular flexibility index (Phi) is 15.4. The van der Waals surface area contributed by atoms with Gasteiger partial charge >= 0.3 is 0 Å². The van der Waals surface area contributed by atoms with Crippen LogP contribution in [0.15, 0.2) is 119 Å². The number of aromatic nitrogens is 1. The van der Waals surface area contributed by atoms with Crippen molar-refractivity contribution in [3.8, 4) is 0 Å². The standard InChI is InChI=1S/C54H67N5O7S2/c60-50(23-13-19-45-18-5-7-36-58(45)67(62,63)51-24-11-16-42-14-1-3-20-46(42)51)48(49-22-6-8-37-59(49)68(64,65)52-25-12-17-43-15-2-4-21-47(43)52)26-27-53(61)57-38-30-54(31-39-57,44-28-32-55-33-29-44)66-41-40-56-34-9-10-35-56/h1-4,11-12,14-17,20-21,24-25,28-29,32-33,45,48-49H,5-10,13,18-19,22-23,26-27,30-31,34-41H2. The molecule has 14 heteroatoms. The van der Waals surface area contributed by atoms with Crippen molar-refractivity contribution in [3.05, 3.63) is 115 Å². The van der Waals surface area contributed by atoms with E-state index in [1.807, 2.05) is 77.7 Å². The SMILES string of the molecule is O=C(CCCC1CCCCN1S(=O)(=O)c1cccc2ccccc12)C(CCC(=O)N1CCC(OCCN2CCCC2)(c2ccncc2)CC1)C1CCCCN1S(=O)(=O)c1cccc2ccccc12. The van der Waals surface area contributed by atoms with E-state index in [9.17, 15) is 26.4 Å². The Hall–Kier alpha value is -4.57. The van der Waals surface area contributed by atoms with Crippen molar-refractivity contribution in [3.63, 3.8) is 0 Å². The fraction of sp³-hybridized carbons (Fsp3) is 0.500. The third-order valence-electron chi connectivity index (χ3n) is 15.4. The van der Waals surface area contributed by atoms with E-state index in [1.54, 1.807) is 45.3 Å². The molecule has 0 spiro atoms. The highest BCUT2D eigenvalue weighted by molar-refractivity contribution is 7.89. The Morgan fingerprint density at radius 3 is 1.88 bits per heavy atom. The molecular formula is C54H67N5O7S2. The van der Waals surface area contributed by atoms with E-state index in [0.717, 1.165) is 55.2 Å². The minimum absolute atomic E-state index is 0.0426. The summed E-state index contributed by atoms with van der Waals surface area (Å²) in [5, 5.41) is 3.03. The molecule has 4 aliphatic heterocycles. The van der Waals surface area contributed by atoms with E-state index in [0.29, 0.717) is 86.9 Å². The van der Waals surface area contributed by atoms with E-state index < -0.39 is 37.6 Å². The van der Waals surface area contributed by atoms with Gasteiger partial charge in [0, 0.05) is 86.7 Å². The van der Waals surface area contributed by atoms with Crippen LogP contribution in [0, 0.1) is 5.92 Å². The summed E-state index contributed by atoms with van der Waals surface area (Å²) in [7, 11) is -7.87. The van der Waals surface area contributed by atoms with Crippen molar-refractivity contribution >= 4 is 53.3 Å². The summed E-state index contributed by atoms with van der Waals surface area (Å²) < 4.78 is 68.5. The molecule has 5 aromatic rings. The number of carbonyl (C=O) groups excluding carboxylic acids is 2. The molecule has 0 bridgehead atoms. The molecule has 5 heterocycles. The van der Waals surface area contributed by atoms with Gasteiger partial charge in [0.05, 0.1) is 22.0 Å². The van der Waals surface area contributed by atoms with Gasteiger partial charge in [0.2, 0.25) is 26.0 Å². The number of Topliss-reactive ketones (excluding diaryl/α,β-unsaturated/α-hetero) is 1. The number of hydrogen-bond acceptors (Lipinski definition) is 9. The number of nitrogens with zero attached hydrogens (tertiary/aromatic N) is 5. The maximum absolute atomic E-state index is 14.9. The molecule has 4 fully saturated rings. The zero-order valence-corrected chi connectivity index (χ0v) is 40.9. The minimum atomic E-state index is -4.04. The molecule has 0 N–H and O–H groups in total. The summed E-state index contributed by atoms with van der Waals surface area (Å²) in [6.45, 7) is 5.41. The minimum Gasteiger partial charge on any atom is -0.369 e. The van der Waals surface area contributed by atoms with Crippen LogP contribution in [-0.4, -0.2) is 116 Å². The van der Waals surface area contributed by atoms with Crippen molar-refractivity contribution in [1.29, 1.82) is 0 Å². The smallest absolute Gasteiger partial charge is 0.243 e. The molecular weight excluding hydrogens is 895 g/mol. The average molecular weight is 962 g/mol. The number of ketones is 1. The first kappa shape index (κ1) is 48.5. The summed E-state index contributed by atoms with van der Waals surface area (Å²) in [5.41, 5.74) is 0.539. The second kappa shape index (κ2) is 21.6. The van der Waals surface area contributed by atoms with Crippen LogP contribution in [0.3, 0.4) is 0 Å². The van der Waals surface area contributed by atoms with E-state index in [4.69, 9.17) is 4.74 Å². The number of ether oxygens (including phenoxy) is 1. The molecule has 1 amide bonds. The molecule has 1 aromatic heterocycles. The molecule has 3 atom stereocenters. The quantitative estimate of drug-likeness (QED) is 0.0843. The number of fused-ring (bicyclic) bond motifs is 2. The zero-order chi connectivity index (χ0) is 47.1. The van der Waals surface area contributed by atoms with Crippen LogP contribution in [0.1, 0.15) is 102 Å². The lowest BCUT2D eigenvalue weighted by Crippen LogP contribution is -2.50. The summed E-state index contributed by atoms with van der Waals surface area (Å²) in [6.07, 6.45) is 13.1. The Labute approximate surface area is 403 Å². The number of sulfonamides is 2.